The molecular formula is C13H28ClN. The minimum Gasteiger partial charge on any atom is -0.303 e. The van der Waals surface area contributed by atoms with E-state index in [1.54, 1.807) is 0 Å². The largest absolute Gasteiger partial charge is 0.303 e. The van der Waals surface area contributed by atoms with E-state index in [1.807, 2.05) is 0 Å². The molecule has 2 heteroatoms. The summed E-state index contributed by atoms with van der Waals surface area (Å²) in [6, 6.07) is 0. The molecule has 0 bridgehead atoms. The molecule has 0 spiro atoms. The zero-order valence-electron chi connectivity index (χ0n) is 10.7. The molecule has 0 fully saturated rings. The van der Waals surface area contributed by atoms with Crippen molar-refractivity contribution in [2.24, 2.45) is 0 Å². The van der Waals surface area contributed by atoms with Gasteiger partial charge >= 0.3 is 0 Å². The van der Waals surface area contributed by atoms with Crippen LogP contribution in [0.4, 0.5) is 0 Å². The highest BCUT2D eigenvalue weighted by Gasteiger charge is 2.01. The van der Waals surface area contributed by atoms with Gasteiger partial charge in [0.2, 0.25) is 0 Å². The average Bonchev–Trinajstić information content (AvgIpc) is 2.21. The van der Waals surface area contributed by atoms with Crippen LogP contribution < -0.4 is 0 Å². The Balaban J connectivity index is 0. The third-order valence-corrected chi connectivity index (χ3v) is 2.50. The van der Waals surface area contributed by atoms with E-state index in [0.717, 1.165) is 0 Å². The Labute approximate surface area is 102 Å². The molecule has 0 aliphatic rings. The quantitative estimate of drug-likeness (QED) is 0.538. The molecule has 1 nitrogen and oxygen atoms in total. The van der Waals surface area contributed by atoms with E-state index in [0.29, 0.717) is 0 Å². The third kappa shape index (κ3) is 11.9. The Morgan fingerprint density at radius 1 is 0.933 bits per heavy atom. The van der Waals surface area contributed by atoms with Crippen molar-refractivity contribution in [3.63, 3.8) is 0 Å². The van der Waals surface area contributed by atoms with Crippen molar-refractivity contribution in [3.8, 4) is 0 Å². The highest BCUT2D eigenvalue weighted by molar-refractivity contribution is 5.85. The van der Waals surface area contributed by atoms with Gasteiger partial charge in [0, 0.05) is 6.54 Å². The number of unbranched alkanes of at least 4 members (excludes halogenated alkanes) is 2. The van der Waals surface area contributed by atoms with Gasteiger partial charge in [-0.25, -0.2) is 0 Å². The Morgan fingerprint density at radius 2 is 1.47 bits per heavy atom. The second kappa shape index (κ2) is 14.0. The molecule has 0 rings (SSSR count). The summed E-state index contributed by atoms with van der Waals surface area (Å²) >= 11 is 0. The fourth-order valence-electron chi connectivity index (χ4n) is 1.52. The standard InChI is InChI=1S/C13H27N.ClH/c1-4-7-10-13-14(11-8-5-2)12-9-6-3;/h4,7H,5-6,8-13H2,1-3H3;1H/b7-4+;. The van der Waals surface area contributed by atoms with E-state index in [-0.39, 0.29) is 12.4 Å². The van der Waals surface area contributed by atoms with Crippen molar-refractivity contribution in [2.45, 2.75) is 52.9 Å². The van der Waals surface area contributed by atoms with Crippen molar-refractivity contribution in [3.05, 3.63) is 12.2 Å². The van der Waals surface area contributed by atoms with Crippen LogP contribution >= 0.6 is 12.4 Å². The van der Waals surface area contributed by atoms with E-state index in [9.17, 15) is 0 Å². The lowest BCUT2D eigenvalue weighted by Crippen LogP contribution is -2.26. The smallest absolute Gasteiger partial charge is 0.00159 e. The molecule has 0 heterocycles. The van der Waals surface area contributed by atoms with Crippen LogP contribution in [-0.4, -0.2) is 24.5 Å². The van der Waals surface area contributed by atoms with Gasteiger partial charge in [0.1, 0.15) is 0 Å². The molecule has 0 aliphatic carbocycles. The second-order valence-corrected chi connectivity index (χ2v) is 3.91. The zero-order valence-corrected chi connectivity index (χ0v) is 11.5. The number of rotatable bonds is 9. The SMILES string of the molecule is C/C=C/CCN(CCCC)CCCC.Cl. The molecule has 0 unspecified atom stereocenters. The van der Waals surface area contributed by atoms with Crippen LogP contribution in [0, 0.1) is 0 Å². The van der Waals surface area contributed by atoms with Crippen molar-refractivity contribution in [2.75, 3.05) is 19.6 Å². The van der Waals surface area contributed by atoms with E-state index in [1.165, 1.54) is 51.7 Å². The Bertz CT molecular complexity index is 126. The molecule has 0 aliphatic heterocycles. The predicted octanol–water partition coefficient (Wildman–Crippen LogP) is 4.28. The maximum absolute atomic E-state index is 2.60. The van der Waals surface area contributed by atoms with Crippen LogP contribution in [0.3, 0.4) is 0 Å². The molecule has 92 valence electrons. The van der Waals surface area contributed by atoms with Crippen LogP contribution in [0.15, 0.2) is 12.2 Å². The van der Waals surface area contributed by atoms with Crippen molar-refractivity contribution >= 4 is 12.4 Å². The number of nitrogens with zero attached hydrogens (tertiary/aromatic N) is 1. The normalized spacial score (nSPS) is 10.9. The molecule has 0 saturated carbocycles. The average molecular weight is 234 g/mol. The van der Waals surface area contributed by atoms with Gasteiger partial charge < -0.3 is 4.90 Å². The summed E-state index contributed by atoms with van der Waals surface area (Å²) in [5.74, 6) is 0. The van der Waals surface area contributed by atoms with Crippen LogP contribution in [0.25, 0.3) is 0 Å². The van der Waals surface area contributed by atoms with Crippen LogP contribution in [0.5, 0.6) is 0 Å². The monoisotopic (exact) mass is 233 g/mol. The van der Waals surface area contributed by atoms with Gasteiger partial charge in [-0.05, 0) is 39.3 Å². The van der Waals surface area contributed by atoms with E-state index in [2.05, 4.69) is 37.8 Å². The summed E-state index contributed by atoms with van der Waals surface area (Å²) in [7, 11) is 0. The number of hydrogen-bond donors (Lipinski definition) is 0. The summed E-state index contributed by atoms with van der Waals surface area (Å²) in [5, 5.41) is 0. The van der Waals surface area contributed by atoms with Gasteiger partial charge in [-0.2, -0.15) is 0 Å². The summed E-state index contributed by atoms with van der Waals surface area (Å²) in [4.78, 5) is 2.60. The van der Waals surface area contributed by atoms with Crippen LogP contribution in [0.1, 0.15) is 52.9 Å². The van der Waals surface area contributed by atoms with Gasteiger partial charge in [-0.15, -0.1) is 12.4 Å². The topological polar surface area (TPSA) is 3.24 Å². The van der Waals surface area contributed by atoms with Crippen molar-refractivity contribution in [1.82, 2.24) is 4.90 Å². The van der Waals surface area contributed by atoms with E-state index >= 15 is 0 Å². The first-order valence-electron chi connectivity index (χ1n) is 6.18. The van der Waals surface area contributed by atoms with Crippen LogP contribution in [-0.2, 0) is 0 Å². The lowest BCUT2D eigenvalue weighted by atomic mass is 10.2. The summed E-state index contributed by atoms with van der Waals surface area (Å²) in [6.07, 6.45) is 10.9. The van der Waals surface area contributed by atoms with Gasteiger partial charge in [-0.1, -0.05) is 38.8 Å². The highest BCUT2D eigenvalue weighted by atomic mass is 35.5. The molecule has 0 atom stereocenters. The van der Waals surface area contributed by atoms with Gasteiger partial charge in [-0.3, -0.25) is 0 Å². The number of halogens is 1. The summed E-state index contributed by atoms with van der Waals surface area (Å²) < 4.78 is 0. The van der Waals surface area contributed by atoms with Crippen molar-refractivity contribution in [1.29, 1.82) is 0 Å². The lowest BCUT2D eigenvalue weighted by molar-refractivity contribution is 0.270. The molecule has 0 aromatic heterocycles. The molecule has 0 amide bonds. The molecule has 0 saturated heterocycles. The fraction of sp³-hybridized carbons (Fsp3) is 0.846. The minimum atomic E-state index is 0. The Morgan fingerprint density at radius 3 is 1.87 bits per heavy atom. The first kappa shape index (κ1) is 17.4. The number of hydrogen-bond acceptors (Lipinski definition) is 1. The fourth-order valence-corrected chi connectivity index (χ4v) is 1.52. The molecule has 0 radical (unpaired) electrons. The zero-order chi connectivity index (χ0) is 10.6. The maximum atomic E-state index is 2.60. The summed E-state index contributed by atoms with van der Waals surface area (Å²) in [5.41, 5.74) is 0. The molecular weight excluding hydrogens is 206 g/mol. The molecule has 0 N–H and O–H groups in total. The predicted molar refractivity (Wildman–Crippen MR) is 72.9 cm³/mol. The second-order valence-electron chi connectivity index (χ2n) is 3.91. The van der Waals surface area contributed by atoms with Crippen molar-refractivity contribution < 1.29 is 0 Å². The molecule has 15 heavy (non-hydrogen) atoms. The number of allylic oxidation sites excluding steroid dienone is 1. The molecule has 0 aromatic carbocycles. The third-order valence-electron chi connectivity index (χ3n) is 2.50. The Hall–Kier alpha value is -0.0100. The van der Waals surface area contributed by atoms with Gasteiger partial charge in [0.05, 0.1) is 0 Å². The van der Waals surface area contributed by atoms with Gasteiger partial charge in [0.25, 0.3) is 0 Å². The lowest BCUT2D eigenvalue weighted by Gasteiger charge is -2.20. The summed E-state index contributed by atoms with van der Waals surface area (Å²) in [6.45, 7) is 10.4. The van der Waals surface area contributed by atoms with Crippen LogP contribution in [0.2, 0.25) is 0 Å². The van der Waals surface area contributed by atoms with Gasteiger partial charge in [0.15, 0.2) is 0 Å². The van der Waals surface area contributed by atoms with E-state index in [4.69, 9.17) is 0 Å². The Kier molecular flexibility index (Phi) is 16.2. The first-order chi connectivity index (χ1) is 6.85. The molecule has 0 aromatic rings. The van der Waals surface area contributed by atoms with E-state index < -0.39 is 0 Å². The maximum Gasteiger partial charge on any atom is 0.00159 e. The first-order valence-corrected chi connectivity index (χ1v) is 6.18. The minimum absolute atomic E-state index is 0. The highest BCUT2D eigenvalue weighted by Crippen LogP contribution is 2.00.